The van der Waals surface area contributed by atoms with Gasteiger partial charge in [-0.2, -0.15) is 9.97 Å². The number of hydrogen-bond donors (Lipinski definition) is 5. The number of carbonyl (C=O) groups excluding carboxylic acids is 2. The maximum Gasteiger partial charge on any atom is 0.342 e. The van der Waals surface area contributed by atoms with Crippen molar-refractivity contribution >= 4 is 42.5 Å². The van der Waals surface area contributed by atoms with Gasteiger partial charge in [-0.05, 0) is 45.4 Å². The molecular formula is C29H49N8O9P. The number of aliphatic hydroxyl groups excluding tert-OH is 1. The van der Waals surface area contributed by atoms with Crippen molar-refractivity contribution in [2.24, 2.45) is 11.8 Å². The fourth-order valence-electron chi connectivity index (χ4n) is 5.69. The summed E-state index contributed by atoms with van der Waals surface area (Å²) in [7, 11) is -4.30. The van der Waals surface area contributed by atoms with E-state index in [1.807, 2.05) is 0 Å². The fraction of sp³-hybridized carbons (Fsp3) is 0.759. The zero-order valence-electron chi connectivity index (χ0n) is 28.1. The van der Waals surface area contributed by atoms with Crippen LogP contribution in [-0.4, -0.2) is 104 Å². The van der Waals surface area contributed by atoms with E-state index in [0.717, 1.165) is 25.9 Å². The summed E-state index contributed by atoms with van der Waals surface area (Å²) in [5.41, 5.74) is 4.94. The van der Waals surface area contributed by atoms with Crippen LogP contribution in [0.1, 0.15) is 67.5 Å². The Morgan fingerprint density at radius 2 is 1.64 bits per heavy atom. The molecule has 2 aliphatic rings. The van der Waals surface area contributed by atoms with Gasteiger partial charge in [-0.15, -0.1) is 0 Å². The fourth-order valence-corrected chi connectivity index (χ4v) is 7.81. The number of nitrogens with two attached hydrogens (primary N) is 1. The molecule has 0 bridgehead atoms. The molecule has 2 aromatic heterocycles. The summed E-state index contributed by atoms with van der Waals surface area (Å²) < 4.78 is 38.3. The van der Waals surface area contributed by atoms with Crippen molar-refractivity contribution in [1.82, 2.24) is 29.7 Å². The number of nitrogen functional groups attached to an aromatic ring is 1. The molecule has 0 amide bonds. The van der Waals surface area contributed by atoms with Crippen LogP contribution in [-0.2, 0) is 32.9 Å². The highest BCUT2D eigenvalue weighted by molar-refractivity contribution is 7.54. The number of hydrogen-bond acceptors (Lipinski definition) is 14. The first kappa shape index (κ1) is 36.9. The number of anilines is 2. The van der Waals surface area contributed by atoms with Gasteiger partial charge < -0.3 is 39.6 Å². The Morgan fingerprint density at radius 3 is 2.15 bits per heavy atom. The van der Waals surface area contributed by atoms with Crippen LogP contribution in [0, 0.1) is 11.8 Å². The summed E-state index contributed by atoms with van der Waals surface area (Å²) in [6.07, 6.45) is -0.523. The van der Waals surface area contributed by atoms with Gasteiger partial charge in [0.05, 0.1) is 26.1 Å². The molecule has 2 saturated heterocycles. The predicted molar refractivity (Wildman–Crippen MR) is 172 cm³/mol. The predicted octanol–water partition coefficient (Wildman–Crippen LogP) is 1.50. The maximum atomic E-state index is 14.5. The van der Waals surface area contributed by atoms with Crippen molar-refractivity contribution in [2.75, 3.05) is 43.5 Å². The van der Waals surface area contributed by atoms with Crippen LogP contribution in [0.4, 0.5) is 11.8 Å². The SMILES string of the molecule is CCOC(=O)[C@@H](NP(=O)(N[C@H](C(=O)OCC)C(C)C)OC[C@H]1O[C@@H](n2cnc3c(N4CCCC4)nc(N)nc32)[C@](C)(O)[C@@H]1O)C(C)C. The van der Waals surface area contributed by atoms with Crippen molar-refractivity contribution in [3.8, 4) is 0 Å². The second-order valence-electron chi connectivity index (χ2n) is 12.7. The summed E-state index contributed by atoms with van der Waals surface area (Å²) in [6, 6.07) is -2.17. The largest absolute Gasteiger partial charge is 0.465 e. The van der Waals surface area contributed by atoms with Gasteiger partial charge in [0.15, 0.2) is 23.2 Å². The molecule has 4 heterocycles. The van der Waals surface area contributed by atoms with Gasteiger partial charge in [-0.25, -0.2) is 15.2 Å². The highest BCUT2D eigenvalue weighted by Crippen LogP contribution is 2.45. The van der Waals surface area contributed by atoms with E-state index in [9.17, 15) is 24.4 Å². The maximum absolute atomic E-state index is 14.5. The van der Waals surface area contributed by atoms with Crippen molar-refractivity contribution < 1.29 is 43.1 Å². The summed E-state index contributed by atoms with van der Waals surface area (Å²) in [5.74, 6) is -1.51. The third kappa shape index (κ3) is 8.04. The summed E-state index contributed by atoms with van der Waals surface area (Å²) in [4.78, 5) is 41.0. The molecule has 0 spiro atoms. The number of rotatable bonds is 15. The second-order valence-corrected chi connectivity index (χ2v) is 14.6. The molecule has 2 aliphatic heterocycles. The minimum atomic E-state index is -4.30. The van der Waals surface area contributed by atoms with E-state index in [4.69, 9.17) is 24.5 Å². The summed E-state index contributed by atoms with van der Waals surface area (Å²) in [5, 5.41) is 28.3. The number of aliphatic hydroxyl groups is 2. The van der Waals surface area contributed by atoms with Crippen LogP contribution in [0.3, 0.4) is 0 Å². The average Bonchev–Trinajstić information content (AvgIpc) is 3.73. The van der Waals surface area contributed by atoms with E-state index in [0.29, 0.717) is 17.0 Å². The van der Waals surface area contributed by atoms with Gasteiger partial charge in [0.25, 0.3) is 0 Å². The van der Waals surface area contributed by atoms with E-state index in [1.165, 1.54) is 17.8 Å². The first-order chi connectivity index (χ1) is 22.1. The smallest absolute Gasteiger partial charge is 0.342 e. The number of carbonyl (C=O) groups is 2. The molecule has 2 aromatic rings. The van der Waals surface area contributed by atoms with Crippen molar-refractivity contribution in [3.63, 3.8) is 0 Å². The van der Waals surface area contributed by atoms with Gasteiger partial charge >= 0.3 is 19.6 Å². The van der Waals surface area contributed by atoms with E-state index in [1.54, 1.807) is 41.5 Å². The highest BCUT2D eigenvalue weighted by atomic mass is 31.2. The lowest BCUT2D eigenvalue weighted by Crippen LogP contribution is -2.49. The molecule has 0 aliphatic carbocycles. The van der Waals surface area contributed by atoms with Crippen molar-refractivity contribution in [2.45, 2.75) is 97.4 Å². The number of esters is 2. The van der Waals surface area contributed by atoms with Crippen LogP contribution in [0.2, 0.25) is 0 Å². The van der Waals surface area contributed by atoms with E-state index in [-0.39, 0.29) is 31.0 Å². The number of nitrogens with one attached hydrogen (secondary N) is 2. The lowest BCUT2D eigenvalue weighted by Gasteiger charge is -2.31. The lowest BCUT2D eigenvalue weighted by atomic mass is 9.96. The molecule has 0 aromatic carbocycles. The number of ether oxygens (including phenoxy) is 3. The third-order valence-corrected chi connectivity index (χ3v) is 10.0. The Hall–Kier alpha value is -2.92. The summed E-state index contributed by atoms with van der Waals surface area (Å²) >= 11 is 0. The zero-order valence-corrected chi connectivity index (χ0v) is 29.0. The Kier molecular flexibility index (Phi) is 11.9. The van der Waals surface area contributed by atoms with Crippen LogP contribution in [0.15, 0.2) is 6.33 Å². The van der Waals surface area contributed by atoms with Gasteiger partial charge in [0.2, 0.25) is 5.95 Å². The van der Waals surface area contributed by atoms with Crippen LogP contribution < -0.4 is 20.8 Å². The number of nitrogens with zero attached hydrogens (tertiary/aromatic N) is 5. The van der Waals surface area contributed by atoms with Gasteiger partial charge in [0, 0.05) is 13.1 Å². The number of imidazole rings is 1. The van der Waals surface area contributed by atoms with Gasteiger partial charge in [-0.3, -0.25) is 18.7 Å². The Balaban J connectivity index is 1.62. The first-order valence-electron chi connectivity index (χ1n) is 16.1. The minimum absolute atomic E-state index is 0.0138. The van der Waals surface area contributed by atoms with E-state index < -0.39 is 62.3 Å². The quantitative estimate of drug-likeness (QED) is 0.132. The van der Waals surface area contributed by atoms with Crippen LogP contribution in [0.25, 0.3) is 11.2 Å². The standard InChI is InChI=1S/C29H49N8O9P/c1-8-43-25(39)19(16(3)4)34-47(42,35-20(17(5)6)26(40)44-9-2)45-14-18-22(38)29(7,41)27(46-18)37-15-31-21-23(36-12-10-11-13-36)32-28(30)33-24(21)37/h15-20,22,27,38,41H,8-14H2,1-7H3,(H2,30,32,33)(H2,34,35,42)/t18-,19+,20+,22-,27-,29-/m1/s1. The third-order valence-electron chi connectivity index (χ3n) is 8.29. The highest BCUT2D eigenvalue weighted by Gasteiger charge is 2.54. The molecule has 47 heavy (non-hydrogen) atoms. The van der Waals surface area contributed by atoms with Crippen LogP contribution >= 0.6 is 7.67 Å². The minimum Gasteiger partial charge on any atom is -0.465 e. The molecule has 2 fully saturated rings. The zero-order chi connectivity index (χ0) is 34.7. The molecule has 6 atom stereocenters. The first-order valence-corrected chi connectivity index (χ1v) is 17.7. The van der Waals surface area contributed by atoms with E-state index >= 15 is 0 Å². The summed E-state index contributed by atoms with van der Waals surface area (Å²) in [6.45, 7) is 12.9. The molecule has 0 radical (unpaired) electrons. The molecule has 264 valence electrons. The lowest BCUT2D eigenvalue weighted by molar-refractivity contribution is -0.146. The molecular weight excluding hydrogens is 635 g/mol. The van der Waals surface area contributed by atoms with Gasteiger partial charge in [0.1, 0.15) is 29.9 Å². The van der Waals surface area contributed by atoms with Crippen molar-refractivity contribution in [1.29, 1.82) is 0 Å². The molecule has 6 N–H and O–H groups in total. The molecule has 4 rings (SSSR count). The Bertz CT molecular complexity index is 1410. The van der Waals surface area contributed by atoms with Crippen molar-refractivity contribution in [3.05, 3.63) is 6.33 Å². The normalized spacial score (nSPS) is 24.7. The molecule has 18 heteroatoms. The molecule has 0 saturated carbocycles. The number of aromatic nitrogens is 4. The molecule has 0 unspecified atom stereocenters. The molecule has 17 nitrogen and oxygen atoms in total. The van der Waals surface area contributed by atoms with Gasteiger partial charge in [-0.1, -0.05) is 27.7 Å². The Morgan fingerprint density at radius 1 is 1.09 bits per heavy atom. The monoisotopic (exact) mass is 684 g/mol. The van der Waals surface area contributed by atoms with Crippen LogP contribution in [0.5, 0.6) is 0 Å². The Labute approximate surface area is 274 Å². The van der Waals surface area contributed by atoms with E-state index in [2.05, 4.69) is 30.0 Å². The topological polar surface area (TPSA) is 226 Å². The second kappa shape index (κ2) is 15.1. The number of fused-ring (bicyclic) bond motifs is 1. The average molecular weight is 685 g/mol.